The molecule has 0 fully saturated rings. The first-order chi connectivity index (χ1) is 7.77. The summed E-state index contributed by atoms with van der Waals surface area (Å²) in [6, 6.07) is 8.18. The van der Waals surface area contributed by atoms with Gasteiger partial charge in [-0.2, -0.15) is 0 Å². The van der Waals surface area contributed by atoms with Gasteiger partial charge >= 0.3 is 0 Å². The van der Waals surface area contributed by atoms with E-state index in [1.165, 1.54) is 0 Å². The summed E-state index contributed by atoms with van der Waals surface area (Å²) in [4.78, 5) is 0. The molecule has 0 amide bonds. The Hall–Kier alpha value is -1.26. The molecule has 0 saturated carbocycles. The summed E-state index contributed by atoms with van der Waals surface area (Å²) in [6.45, 7) is 2.87. The molecular weight excluding hydrogens is 208 g/mol. The Morgan fingerprint density at radius 2 is 2.06 bits per heavy atom. The fraction of sp³-hybridized carbons (Fsp3) is 0.500. The molecule has 0 saturated heterocycles. The van der Waals surface area contributed by atoms with Crippen molar-refractivity contribution < 1.29 is 18.9 Å². The van der Waals surface area contributed by atoms with Crippen molar-refractivity contribution in [2.45, 2.75) is 13.2 Å². The predicted octanol–water partition coefficient (Wildman–Crippen LogP) is 1.88. The zero-order valence-electron chi connectivity index (χ0n) is 9.86. The van der Waals surface area contributed by atoms with E-state index in [-0.39, 0.29) is 6.29 Å². The lowest BCUT2D eigenvalue weighted by atomic mass is 10.3. The van der Waals surface area contributed by atoms with Gasteiger partial charge in [-0.05, 0) is 25.1 Å². The highest BCUT2D eigenvalue weighted by molar-refractivity contribution is 5.38. The van der Waals surface area contributed by atoms with Gasteiger partial charge in [0.05, 0.1) is 20.3 Å². The fourth-order valence-corrected chi connectivity index (χ4v) is 1.17. The van der Waals surface area contributed by atoms with E-state index in [4.69, 9.17) is 18.9 Å². The topological polar surface area (TPSA) is 36.9 Å². The van der Waals surface area contributed by atoms with Crippen molar-refractivity contribution in [1.29, 1.82) is 0 Å². The van der Waals surface area contributed by atoms with Gasteiger partial charge in [-0.25, -0.2) is 0 Å². The summed E-state index contributed by atoms with van der Waals surface area (Å²) in [6.07, 6.45) is -0.341. The Balaban J connectivity index is 2.45. The Bertz CT molecular complexity index is 301. The molecule has 0 aliphatic heterocycles. The third-order valence-electron chi connectivity index (χ3n) is 1.94. The van der Waals surface area contributed by atoms with Crippen LogP contribution in [-0.4, -0.2) is 33.7 Å². The van der Waals surface area contributed by atoms with Gasteiger partial charge < -0.3 is 18.9 Å². The molecule has 0 spiro atoms. The first kappa shape index (κ1) is 12.8. The molecule has 0 N–H and O–H groups in total. The molecule has 0 bridgehead atoms. The lowest BCUT2D eigenvalue weighted by Crippen LogP contribution is -2.19. The minimum Gasteiger partial charge on any atom is -0.493 e. The highest BCUT2D eigenvalue weighted by Gasteiger charge is 2.08. The zero-order valence-corrected chi connectivity index (χ0v) is 9.86. The quantitative estimate of drug-likeness (QED) is 0.524. The minimum absolute atomic E-state index is 0.341. The molecule has 0 heterocycles. The predicted molar refractivity (Wildman–Crippen MR) is 59.7 cm³/mol. The number of ether oxygens (including phenoxy) is 4. The van der Waals surface area contributed by atoms with Gasteiger partial charge in [0, 0.05) is 7.11 Å². The Kier molecular flexibility index (Phi) is 5.67. The highest BCUT2D eigenvalue weighted by Crippen LogP contribution is 2.26. The van der Waals surface area contributed by atoms with Crippen LogP contribution in [0.2, 0.25) is 0 Å². The van der Waals surface area contributed by atoms with E-state index in [1.54, 1.807) is 32.4 Å². The number of hydrogen-bond donors (Lipinski definition) is 0. The molecule has 1 radical (unpaired) electrons. The van der Waals surface area contributed by atoms with E-state index >= 15 is 0 Å². The van der Waals surface area contributed by atoms with Crippen molar-refractivity contribution in [3.63, 3.8) is 0 Å². The van der Waals surface area contributed by atoms with Crippen molar-refractivity contribution in [1.82, 2.24) is 0 Å². The molecule has 1 rings (SSSR count). The van der Waals surface area contributed by atoms with Gasteiger partial charge in [-0.15, -0.1) is 0 Å². The highest BCUT2D eigenvalue weighted by atomic mass is 16.7. The Morgan fingerprint density at radius 1 is 1.25 bits per heavy atom. The Labute approximate surface area is 96.1 Å². The normalized spacial score (nSPS) is 12.2. The van der Waals surface area contributed by atoms with Crippen molar-refractivity contribution >= 4 is 0 Å². The summed E-state index contributed by atoms with van der Waals surface area (Å²) in [5, 5.41) is 0. The molecule has 89 valence electrons. The van der Waals surface area contributed by atoms with Crippen molar-refractivity contribution in [3.05, 3.63) is 24.3 Å². The van der Waals surface area contributed by atoms with E-state index in [0.29, 0.717) is 24.7 Å². The number of hydrogen-bond acceptors (Lipinski definition) is 4. The maximum Gasteiger partial charge on any atom is 0.197 e. The Morgan fingerprint density at radius 3 is 2.75 bits per heavy atom. The molecule has 4 nitrogen and oxygen atoms in total. The smallest absolute Gasteiger partial charge is 0.197 e. The van der Waals surface area contributed by atoms with Crippen LogP contribution in [0, 0.1) is 6.07 Å². The van der Waals surface area contributed by atoms with Gasteiger partial charge in [0.25, 0.3) is 0 Å². The third kappa shape index (κ3) is 4.08. The van der Waals surface area contributed by atoms with E-state index < -0.39 is 0 Å². The van der Waals surface area contributed by atoms with Gasteiger partial charge in [0.2, 0.25) is 0 Å². The van der Waals surface area contributed by atoms with Crippen LogP contribution < -0.4 is 9.47 Å². The van der Waals surface area contributed by atoms with Crippen LogP contribution in [0.3, 0.4) is 0 Å². The molecular formula is C12H17O4. The SMILES string of the molecule is COCCOC(C)Oc1cc[c]cc1OC. The van der Waals surface area contributed by atoms with Crippen LogP contribution in [0.15, 0.2) is 18.2 Å². The summed E-state index contributed by atoms with van der Waals surface area (Å²) < 4.78 is 20.9. The largest absolute Gasteiger partial charge is 0.493 e. The van der Waals surface area contributed by atoms with Gasteiger partial charge in [0.1, 0.15) is 0 Å². The van der Waals surface area contributed by atoms with E-state index in [2.05, 4.69) is 6.07 Å². The average Bonchev–Trinajstić information content (AvgIpc) is 2.30. The second-order valence-electron chi connectivity index (χ2n) is 3.13. The first-order valence-corrected chi connectivity index (χ1v) is 5.09. The molecule has 1 aromatic carbocycles. The maximum absolute atomic E-state index is 5.56. The average molecular weight is 225 g/mol. The summed E-state index contributed by atoms with van der Waals surface area (Å²) in [7, 11) is 3.22. The van der Waals surface area contributed by atoms with Crippen LogP contribution in [0.1, 0.15) is 6.92 Å². The maximum atomic E-state index is 5.56. The molecule has 16 heavy (non-hydrogen) atoms. The second kappa shape index (κ2) is 7.09. The van der Waals surface area contributed by atoms with Gasteiger partial charge in [0.15, 0.2) is 17.8 Å². The summed E-state index contributed by atoms with van der Waals surface area (Å²) in [5.74, 6) is 1.29. The van der Waals surface area contributed by atoms with E-state index in [9.17, 15) is 0 Å². The monoisotopic (exact) mass is 225 g/mol. The van der Waals surface area contributed by atoms with Crippen LogP contribution in [0.4, 0.5) is 0 Å². The van der Waals surface area contributed by atoms with Crippen molar-refractivity contribution in [2.24, 2.45) is 0 Å². The van der Waals surface area contributed by atoms with Crippen LogP contribution in [-0.2, 0) is 9.47 Å². The number of rotatable bonds is 7. The number of methoxy groups -OCH3 is 2. The van der Waals surface area contributed by atoms with Crippen molar-refractivity contribution in [3.8, 4) is 11.5 Å². The van der Waals surface area contributed by atoms with Gasteiger partial charge in [-0.3, -0.25) is 0 Å². The van der Waals surface area contributed by atoms with E-state index in [0.717, 1.165) is 0 Å². The zero-order chi connectivity index (χ0) is 11.8. The summed E-state index contributed by atoms with van der Waals surface area (Å²) >= 11 is 0. The molecule has 1 unspecified atom stereocenters. The molecule has 4 heteroatoms. The molecule has 1 atom stereocenters. The third-order valence-corrected chi connectivity index (χ3v) is 1.94. The minimum atomic E-state index is -0.341. The lowest BCUT2D eigenvalue weighted by Gasteiger charge is -2.16. The fourth-order valence-electron chi connectivity index (χ4n) is 1.17. The van der Waals surface area contributed by atoms with E-state index in [1.807, 2.05) is 6.92 Å². The van der Waals surface area contributed by atoms with Crippen LogP contribution in [0.5, 0.6) is 11.5 Å². The molecule has 0 aliphatic carbocycles. The standard InChI is InChI=1S/C12H17O4/c1-10(15-9-8-13-2)16-12-7-5-4-6-11(12)14-3/h5-7,10H,8-9H2,1-3H3. The molecule has 0 aromatic heterocycles. The van der Waals surface area contributed by atoms with Gasteiger partial charge in [-0.1, -0.05) is 6.07 Å². The lowest BCUT2D eigenvalue weighted by molar-refractivity contribution is -0.0804. The second-order valence-corrected chi connectivity index (χ2v) is 3.13. The number of benzene rings is 1. The molecule has 0 aliphatic rings. The van der Waals surface area contributed by atoms with Crippen LogP contribution in [0.25, 0.3) is 0 Å². The van der Waals surface area contributed by atoms with Crippen molar-refractivity contribution in [2.75, 3.05) is 27.4 Å². The molecule has 1 aromatic rings. The summed E-state index contributed by atoms with van der Waals surface area (Å²) in [5.41, 5.74) is 0. The first-order valence-electron chi connectivity index (χ1n) is 5.09. The van der Waals surface area contributed by atoms with Crippen LogP contribution >= 0.6 is 0 Å².